The average Bonchev–Trinajstić information content (AvgIpc) is 2.38. The SMILES string of the molecule is Cc1ccc(SCc2cccc(B(O)O)c2)c(C)c1. The molecular formula is C15H17BO2S. The van der Waals surface area contributed by atoms with E-state index < -0.39 is 7.12 Å². The third-order valence-electron chi connectivity index (χ3n) is 2.97. The molecule has 2 aromatic carbocycles. The molecular weight excluding hydrogens is 255 g/mol. The summed E-state index contributed by atoms with van der Waals surface area (Å²) in [6.45, 7) is 4.21. The van der Waals surface area contributed by atoms with E-state index in [0.29, 0.717) is 5.46 Å². The second-order valence-corrected chi connectivity index (χ2v) is 5.69. The van der Waals surface area contributed by atoms with Gasteiger partial charge in [-0.3, -0.25) is 0 Å². The molecule has 0 aromatic heterocycles. The third kappa shape index (κ3) is 3.87. The average molecular weight is 272 g/mol. The molecule has 0 aliphatic rings. The first-order valence-electron chi connectivity index (χ1n) is 6.21. The summed E-state index contributed by atoms with van der Waals surface area (Å²) in [5.41, 5.74) is 4.19. The van der Waals surface area contributed by atoms with E-state index in [1.165, 1.54) is 16.0 Å². The summed E-state index contributed by atoms with van der Waals surface area (Å²) in [6, 6.07) is 13.8. The van der Waals surface area contributed by atoms with Gasteiger partial charge in [0, 0.05) is 10.6 Å². The Kier molecular flexibility index (Phi) is 4.69. The molecule has 2 rings (SSSR count). The van der Waals surface area contributed by atoms with Gasteiger partial charge in [-0.05, 0) is 36.5 Å². The highest BCUT2D eigenvalue weighted by Crippen LogP contribution is 2.26. The fraction of sp³-hybridized carbons (Fsp3) is 0.200. The number of aryl methyl sites for hydroxylation is 2. The molecule has 4 heteroatoms. The van der Waals surface area contributed by atoms with E-state index in [4.69, 9.17) is 10.0 Å². The number of hydrogen-bond donors (Lipinski definition) is 2. The standard InChI is InChI=1S/C15H17BO2S/c1-11-6-7-15(12(2)8-11)19-10-13-4-3-5-14(9-13)16(17)18/h3-9,17-18H,10H2,1-2H3. The van der Waals surface area contributed by atoms with Gasteiger partial charge in [0.1, 0.15) is 0 Å². The fourth-order valence-corrected chi connectivity index (χ4v) is 2.92. The van der Waals surface area contributed by atoms with Gasteiger partial charge in [0.25, 0.3) is 0 Å². The zero-order chi connectivity index (χ0) is 13.8. The molecule has 0 heterocycles. The fourth-order valence-electron chi connectivity index (χ4n) is 1.97. The molecule has 98 valence electrons. The summed E-state index contributed by atoms with van der Waals surface area (Å²) < 4.78 is 0. The Labute approximate surface area is 118 Å². The monoisotopic (exact) mass is 272 g/mol. The molecule has 0 saturated carbocycles. The molecule has 0 atom stereocenters. The number of rotatable bonds is 4. The van der Waals surface area contributed by atoms with Crippen LogP contribution in [0.1, 0.15) is 16.7 Å². The Morgan fingerprint density at radius 2 is 1.84 bits per heavy atom. The van der Waals surface area contributed by atoms with Crippen LogP contribution in [0, 0.1) is 13.8 Å². The van der Waals surface area contributed by atoms with Gasteiger partial charge >= 0.3 is 7.12 Å². The van der Waals surface area contributed by atoms with Crippen LogP contribution in [0.5, 0.6) is 0 Å². The molecule has 0 saturated heterocycles. The van der Waals surface area contributed by atoms with Gasteiger partial charge in [-0.1, -0.05) is 42.0 Å². The smallest absolute Gasteiger partial charge is 0.423 e. The normalized spacial score (nSPS) is 10.5. The maximum Gasteiger partial charge on any atom is 0.488 e. The van der Waals surface area contributed by atoms with Crippen LogP contribution in [-0.2, 0) is 5.75 Å². The van der Waals surface area contributed by atoms with Crippen molar-refractivity contribution in [2.75, 3.05) is 0 Å². The summed E-state index contributed by atoms with van der Waals surface area (Å²) in [6.07, 6.45) is 0. The first kappa shape index (κ1) is 14.2. The van der Waals surface area contributed by atoms with Crippen LogP contribution >= 0.6 is 11.8 Å². The molecule has 19 heavy (non-hydrogen) atoms. The first-order chi connectivity index (χ1) is 9.06. The van der Waals surface area contributed by atoms with Gasteiger partial charge < -0.3 is 10.0 Å². The number of benzene rings is 2. The minimum Gasteiger partial charge on any atom is -0.423 e. The summed E-state index contributed by atoms with van der Waals surface area (Å²) in [5.74, 6) is 0.824. The van der Waals surface area contributed by atoms with Crippen molar-refractivity contribution < 1.29 is 10.0 Å². The molecule has 0 bridgehead atoms. The minimum absolute atomic E-state index is 0.540. The van der Waals surface area contributed by atoms with Crippen molar-refractivity contribution in [2.45, 2.75) is 24.5 Å². The molecule has 2 N–H and O–H groups in total. The van der Waals surface area contributed by atoms with Gasteiger partial charge in [-0.15, -0.1) is 11.8 Å². The first-order valence-corrected chi connectivity index (χ1v) is 7.20. The van der Waals surface area contributed by atoms with E-state index in [-0.39, 0.29) is 0 Å². The summed E-state index contributed by atoms with van der Waals surface area (Å²) >= 11 is 1.77. The largest absolute Gasteiger partial charge is 0.488 e. The maximum atomic E-state index is 9.16. The van der Waals surface area contributed by atoms with E-state index in [2.05, 4.69) is 32.0 Å². The lowest BCUT2D eigenvalue weighted by atomic mass is 9.80. The summed E-state index contributed by atoms with van der Waals surface area (Å²) in [4.78, 5) is 1.26. The van der Waals surface area contributed by atoms with Crippen molar-refractivity contribution in [3.63, 3.8) is 0 Å². The van der Waals surface area contributed by atoms with E-state index in [1.54, 1.807) is 17.8 Å². The summed E-state index contributed by atoms with van der Waals surface area (Å²) in [5, 5.41) is 18.3. The van der Waals surface area contributed by atoms with Crippen LogP contribution < -0.4 is 5.46 Å². The topological polar surface area (TPSA) is 40.5 Å². The number of thioether (sulfide) groups is 1. The zero-order valence-corrected chi connectivity index (χ0v) is 11.9. The molecule has 0 aliphatic carbocycles. The van der Waals surface area contributed by atoms with Crippen LogP contribution in [0.3, 0.4) is 0 Å². The van der Waals surface area contributed by atoms with Gasteiger partial charge in [0.05, 0.1) is 0 Å². The van der Waals surface area contributed by atoms with E-state index in [0.717, 1.165) is 11.3 Å². The van der Waals surface area contributed by atoms with Crippen LogP contribution in [0.25, 0.3) is 0 Å². The van der Waals surface area contributed by atoms with Gasteiger partial charge in [0.2, 0.25) is 0 Å². The quantitative estimate of drug-likeness (QED) is 0.662. The van der Waals surface area contributed by atoms with Crippen LogP contribution in [-0.4, -0.2) is 17.2 Å². The van der Waals surface area contributed by atoms with Crippen LogP contribution in [0.2, 0.25) is 0 Å². The molecule has 0 unspecified atom stereocenters. The highest BCUT2D eigenvalue weighted by molar-refractivity contribution is 7.98. The minimum atomic E-state index is -1.40. The molecule has 0 aliphatic heterocycles. The second kappa shape index (κ2) is 6.28. The number of hydrogen-bond acceptors (Lipinski definition) is 3. The van der Waals surface area contributed by atoms with E-state index in [9.17, 15) is 0 Å². The van der Waals surface area contributed by atoms with Crippen LogP contribution in [0.15, 0.2) is 47.4 Å². The van der Waals surface area contributed by atoms with Gasteiger partial charge in [-0.2, -0.15) is 0 Å². The predicted octanol–water partition coefficient (Wildman–Crippen LogP) is 2.28. The lowest BCUT2D eigenvalue weighted by molar-refractivity contribution is 0.425. The van der Waals surface area contributed by atoms with Crippen molar-refractivity contribution in [1.82, 2.24) is 0 Å². The molecule has 2 aromatic rings. The van der Waals surface area contributed by atoms with Gasteiger partial charge in [-0.25, -0.2) is 0 Å². The molecule has 2 nitrogen and oxygen atoms in total. The third-order valence-corrected chi connectivity index (χ3v) is 4.22. The van der Waals surface area contributed by atoms with Crippen molar-refractivity contribution in [3.05, 3.63) is 59.2 Å². The Balaban J connectivity index is 2.08. The Hall–Kier alpha value is -1.23. The molecule has 0 radical (unpaired) electrons. The lowest BCUT2D eigenvalue weighted by Crippen LogP contribution is -2.29. The van der Waals surface area contributed by atoms with Crippen molar-refractivity contribution in [3.8, 4) is 0 Å². The zero-order valence-electron chi connectivity index (χ0n) is 11.1. The molecule has 0 fully saturated rings. The highest BCUT2D eigenvalue weighted by atomic mass is 32.2. The van der Waals surface area contributed by atoms with Crippen molar-refractivity contribution >= 4 is 24.3 Å². The second-order valence-electron chi connectivity index (χ2n) is 4.68. The Morgan fingerprint density at radius 3 is 2.53 bits per heavy atom. The predicted molar refractivity (Wildman–Crippen MR) is 81.7 cm³/mol. The summed E-state index contributed by atoms with van der Waals surface area (Å²) in [7, 11) is -1.40. The van der Waals surface area contributed by atoms with Crippen molar-refractivity contribution in [1.29, 1.82) is 0 Å². The van der Waals surface area contributed by atoms with Crippen molar-refractivity contribution in [2.24, 2.45) is 0 Å². The highest BCUT2D eigenvalue weighted by Gasteiger charge is 2.10. The maximum absolute atomic E-state index is 9.16. The molecule has 0 amide bonds. The Morgan fingerprint density at radius 1 is 1.05 bits per heavy atom. The van der Waals surface area contributed by atoms with E-state index in [1.807, 2.05) is 18.2 Å². The van der Waals surface area contributed by atoms with E-state index >= 15 is 0 Å². The molecule has 0 spiro atoms. The van der Waals surface area contributed by atoms with Gasteiger partial charge in [0.15, 0.2) is 0 Å². The Bertz CT molecular complexity index is 570. The van der Waals surface area contributed by atoms with Crippen LogP contribution in [0.4, 0.5) is 0 Å². The lowest BCUT2D eigenvalue weighted by Gasteiger charge is -2.08.